The Labute approximate surface area is 168 Å². The zero-order chi connectivity index (χ0) is 19.8. The van der Waals surface area contributed by atoms with Gasteiger partial charge in [-0.15, -0.1) is 0 Å². The Balaban J connectivity index is 1.43. The highest BCUT2D eigenvalue weighted by molar-refractivity contribution is 5.76. The molecule has 0 saturated carbocycles. The van der Waals surface area contributed by atoms with Crippen molar-refractivity contribution in [2.45, 2.75) is 44.6 Å². The number of aryl methyl sites for hydroxylation is 1. The molecule has 1 saturated heterocycles. The van der Waals surface area contributed by atoms with Gasteiger partial charge >= 0.3 is 0 Å². The van der Waals surface area contributed by atoms with Gasteiger partial charge in [-0.2, -0.15) is 0 Å². The number of likely N-dealkylation sites (tertiary alicyclic amines) is 1. The van der Waals surface area contributed by atoms with E-state index in [2.05, 4.69) is 21.4 Å². The number of nitrogens with zero attached hydrogens (tertiary/aromatic N) is 4. The van der Waals surface area contributed by atoms with Gasteiger partial charge in [-0.1, -0.05) is 6.07 Å². The van der Waals surface area contributed by atoms with E-state index in [4.69, 9.17) is 0 Å². The number of aromatic nitrogens is 2. The van der Waals surface area contributed by atoms with E-state index in [1.807, 2.05) is 60.6 Å². The van der Waals surface area contributed by atoms with E-state index in [0.29, 0.717) is 12.5 Å². The monoisotopic (exact) mass is 381 g/mol. The molecule has 1 amide bonds. The molecule has 0 spiro atoms. The van der Waals surface area contributed by atoms with Gasteiger partial charge in [0.1, 0.15) is 5.82 Å². The van der Waals surface area contributed by atoms with Crippen molar-refractivity contribution in [1.29, 1.82) is 0 Å². The molecule has 1 aliphatic heterocycles. The average molecular weight is 382 g/mol. The average Bonchev–Trinajstić information content (AvgIpc) is 2.95. The number of carbonyl (C=O) groups excluding carboxylic acids is 1. The first kappa shape index (κ1) is 20.1. The minimum Gasteiger partial charge on any atom is -0.381 e. The first-order valence-corrected chi connectivity index (χ1v) is 10.2. The van der Waals surface area contributed by atoms with Gasteiger partial charge in [0.05, 0.1) is 11.9 Å². The first-order valence-electron chi connectivity index (χ1n) is 10.2. The molecule has 3 rings (SSSR count). The zero-order valence-corrected chi connectivity index (χ0v) is 17.0. The van der Waals surface area contributed by atoms with E-state index < -0.39 is 0 Å². The summed E-state index contributed by atoms with van der Waals surface area (Å²) in [5, 5.41) is 3.58. The summed E-state index contributed by atoms with van der Waals surface area (Å²) >= 11 is 0. The van der Waals surface area contributed by atoms with E-state index in [-0.39, 0.29) is 5.91 Å². The third-order valence-electron chi connectivity index (χ3n) is 5.21. The number of carbonyl (C=O) groups is 1. The fourth-order valence-corrected chi connectivity index (χ4v) is 3.59. The summed E-state index contributed by atoms with van der Waals surface area (Å²) in [5.74, 6) is 1.22. The number of hydrogen-bond donors (Lipinski definition) is 1. The van der Waals surface area contributed by atoms with Crippen molar-refractivity contribution >= 4 is 17.4 Å². The number of nitrogens with one attached hydrogen (secondary N) is 1. The second-order valence-corrected chi connectivity index (χ2v) is 7.63. The van der Waals surface area contributed by atoms with Crippen molar-refractivity contribution in [3.63, 3.8) is 0 Å². The molecule has 1 N–H and O–H groups in total. The lowest BCUT2D eigenvalue weighted by Gasteiger charge is -2.21. The van der Waals surface area contributed by atoms with Crippen LogP contribution >= 0.6 is 0 Å². The molecule has 0 aliphatic carbocycles. The highest BCUT2D eigenvalue weighted by Gasteiger charge is 2.20. The molecule has 2 aromatic rings. The Morgan fingerprint density at radius 3 is 2.79 bits per heavy atom. The van der Waals surface area contributed by atoms with Crippen LogP contribution in [0.5, 0.6) is 0 Å². The Hall–Kier alpha value is -2.63. The Morgan fingerprint density at radius 2 is 2.07 bits per heavy atom. The Morgan fingerprint density at radius 1 is 1.18 bits per heavy atom. The minimum absolute atomic E-state index is 0.272. The van der Waals surface area contributed by atoms with E-state index in [1.54, 1.807) is 0 Å². The van der Waals surface area contributed by atoms with E-state index >= 15 is 0 Å². The van der Waals surface area contributed by atoms with Gasteiger partial charge in [0, 0.05) is 51.5 Å². The van der Waals surface area contributed by atoms with Gasteiger partial charge in [-0.3, -0.25) is 9.78 Å². The molecule has 0 aromatic carbocycles. The van der Waals surface area contributed by atoms with Crippen molar-refractivity contribution < 1.29 is 4.79 Å². The molecule has 3 heterocycles. The van der Waals surface area contributed by atoms with E-state index in [0.717, 1.165) is 62.4 Å². The van der Waals surface area contributed by atoms with Gasteiger partial charge in [0.25, 0.3) is 0 Å². The van der Waals surface area contributed by atoms with Crippen LogP contribution in [0.15, 0.2) is 42.7 Å². The molecular weight excluding hydrogens is 350 g/mol. The van der Waals surface area contributed by atoms with Crippen LogP contribution in [0.25, 0.3) is 0 Å². The molecule has 0 unspecified atom stereocenters. The quantitative estimate of drug-likeness (QED) is 0.797. The summed E-state index contributed by atoms with van der Waals surface area (Å²) < 4.78 is 0. The Kier molecular flexibility index (Phi) is 7.23. The van der Waals surface area contributed by atoms with Gasteiger partial charge in [0.15, 0.2) is 0 Å². The summed E-state index contributed by atoms with van der Waals surface area (Å²) in [5.41, 5.74) is 2.11. The standard InChI is InChI=1S/C22H31N5O/c1-26(2)21-12-11-20(17-24-21)25-19-9-6-15-27(16-13-19)22(28)10-5-8-18-7-3-4-14-23-18/h3-4,7,11-12,14,17,19,25H,5-6,8-10,13,15-16H2,1-2H3/t19-/m0/s1. The molecule has 1 fully saturated rings. The smallest absolute Gasteiger partial charge is 0.222 e. The second kappa shape index (κ2) is 10.1. The van der Waals surface area contributed by atoms with Crippen molar-refractivity contribution in [1.82, 2.24) is 14.9 Å². The number of amides is 1. The summed E-state index contributed by atoms with van der Waals surface area (Å²) in [6.07, 6.45) is 9.11. The number of anilines is 2. The van der Waals surface area contributed by atoms with Gasteiger partial charge in [0.2, 0.25) is 5.91 Å². The highest BCUT2D eigenvalue weighted by Crippen LogP contribution is 2.19. The number of hydrogen-bond acceptors (Lipinski definition) is 5. The van der Waals surface area contributed by atoms with E-state index in [1.165, 1.54) is 0 Å². The van der Waals surface area contributed by atoms with Crippen LogP contribution in [0.2, 0.25) is 0 Å². The van der Waals surface area contributed by atoms with Crippen molar-refractivity contribution in [3.05, 3.63) is 48.4 Å². The second-order valence-electron chi connectivity index (χ2n) is 7.63. The molecule has 1 atom stereocenters. The fraction of sp³-hybridized carbons (Fsp3) is 0.500. The van der Waals surface area contributed by atoms with Gasteiger partial charge in [-0.05, 0) is 56.4 Å². The maximum Gasteiger partial charge on any atom is 0.222 e. The maximum absolute atomic E-state index is 12.6. The summed E-state index contributed by atoms with van der Waals surface area (Å²) in [6.45, 7) is 1.68. The molecule has 6 heteroatoms. The topological polar surface area (TPSA) is 61.4 Å². The summed E-state index contributed by atoms with van der Waals surface area (Å²) in [6, 6.07) is 10.4. The van der Waals surface area contributed by atoms with Crippen LogP contribution in [0.3, 0.4) is 0 Å². The third kappa shape index (κ3) is 5.94. The van der Waals surface area contributed by atoms with Crippen molar-refractivity contribution in [2.75, 3.05) is 37.4 Å². The number of pyridine rings is 2. The van der Waals surface area contributed by atoms with Crippen LogP contribution in [-0.4, -0.2) is 54.0 Å². The summed E-state index contributed by atoms with van der Waals surface area (Å²) in [7, 11) is 3.98. The molecule has 1 aliphatic rings. The lowest BCUT2D eigenvalue weighted by molar-refractivity contribution is -0.131. The SMILES string of the molecule is CN(C)c1ccc(N[C@H]2CCCN(C(=O)CCCc3ccccn3)CC2)cn1. The van der Waals surface area contributed by atoms with Gasteiger partial charge in [-0.25, -0.2) is 4.98 Å². The lowest BCUT2D eigenvalue weighted by atomic mass is 10.1. The van der Waals surface area contributed by atoms with Gasteiger partial charge < -0.3 is 15.1 Å². The van der Waals surface area contributed by atoms with Crippen LogP contribution in [-0.2, 0) is 11.2 Å². The minimum atomic E-state index is 0.272. The van der Waals surface area contributed by atoms with Crippen LogP contribution in [0.4, 0.5) is 11.5 Å². The molecule has 6 nitrogen and oxygen atoms in total. The fourth-order valence-electron chi connectivity index (χ4n) is 3.59. The molecule has 28 heavy (non-hydrogen) atoms. The summed E-state index contributed by atoms with van der Waals surface area (Å²) in [4.78, 5) is 25.4. The number of rotatable bonds is 7. The van der Waals surface area contributed by atoms with Crippen molar-refractivity contribution in [2.24, 2.45) is 0 Å². The lowest BCUT2D eigenvalue weighted by Crippen LogP contribution is -2.32. The predicted molar refractivity (Wildman–Crippen MR) is 114 cm³/mol. The molecule has 0 bridgehead atoms. The molecule has 0 radical (unpaired) electrons. The van der Waals surface area contributed by atoms with Crippen LogP contribution in [0.1, 0.15) is 37.8 Å². The maximum atomic E-state index is 12.6. The zero-order valence-electron chi connectivity index (χ0n) is 17.0. The first-order chi connectivity index (χ1) is 13.6. The normalized spacial score (nSPS) is 17.1. The van der Waals surface area contributed by atoms with Crippen LogP contribution < -0.4 is 10.2 Å². The van der Waals surface area contributed by atoms with Crippen LogP contribution in [0, 0.1) is 0 Å². The Bertz CT molecular complexity index is 732. The molecule has 150 valence electrons. The molecular formula is C22H31N5O. The third-order valence-corrected chi connectivity index (χ3v) is 5.21. The molecule has 2 aromatic heterocycles. The predicted octanol–water partition coefficient (Wildman–Crippen LogP) is 3.36. The highest BCUT2D eigenvalue weighted by atomic mass is 16.2. The van der Waals surface area contributed by atoms with Crippen molar-refractivity contribution in [3.8, 4) is 0 Å². The largest absolute Gasteiger partial charge is 0.381 e. The van der Waals surface area contributed by atoms with E-state index in [9.17, 15) is 4.79 Å².